The van der Waals surface area contributed by atoms with Crippen molar-refractivity contribution < 1.29 is 9.34 Å². The fourth-order valence-electron chi connectivity index (χ4n) is 1.69. The van der Waals surface area contributed by atoms with E-state index >= 15 is 0 Å². The Morgan fingerprint density at radius 3 is 2.90 bits per heavy atom. The largest absolute Gasteiger partial charge is 0.421 e. The predicted octanol–water partition coefficient (Wildman–Crippen LogP) is 2.45. The number of hydrogen-bond acceptors (Lipinski definition) is 6. The normalized spacial score (nSPS) is 10.7. The molecule has 0 saturated heterocycles. The van der Waals surface area contributed by atoms with E-state index in [1.807, 2.05) is 7.05 Å². The number of nitrogens with one attached hydrogen (secondary N) is 1. The molecule has 0 aliphatic carbocycles. The van der Waals surface area contributed by atoms with Gasteiger partial charge in [-0.15, -0.1) is 10.2 Å². The van der Waals surface area contributed by atoms with Crippen LogP contribution in [0.2, 0.25) is 5.02 Å². The second kappa shape index (κ2) is 6.44. The standard InChI is InChI=1S/C12H13ClN4O3/c1-14-4-2-3-11-15-16-12(20-11)8-5-9(13)7-10(6-8)17(18)19/h5-7,14H,2-4H2,1H3. The number of rotatable bonds is 6. The third-order valence-corrected chi connectivity index (χ3v) is 2.84. The summed E-state index contributed by atoms with van der Waals surface area (Å²) in [6.45, 7) is 0.848. The van der Waals surface area contributed by atoms with Crippen LogP contribution in [-0.4, -0.2) is 28.7 Å². The fourth-order valence-corrected chi connectivity index (χ4v) is 1.92. The van der Waals surface area contributed by atoms with Crippen LogP contribution in [0.1, 0.15) is 12.3 Å². The Balaban J connectivity index is 2.21. The highest BCUT2D eigenvalue weighted by Crippen LogP contribution is 2.27. The van der Waals surface area contributed by atoms with Gasteiger partial charge in [-0.2, -0.15) is 0 Å². The third-order valence-electron chi connectivity index (χ3n) is 2.62. The van der Waals surface area contributed by atoms with Crippen LogP contribution in [0, 0.1) is 10.1 Å². The van der Waals surface area contributed by atoms with Crippen LogP contribution in [-0.2, 0) is 6.42 Å². The Bertz CT molecular complexity index is 614. The lowest BCUT2D eigenvalue weighted by atomic mass is 10.2. The van der Waals surface area contributed by atoms with Crippen LogP contribution >= 0.6 is 11.6 Å². The van der Waals surface area contributed by atoms with E-state index < -0.39 is 4.92 Å². The molecule has 1 aromatic heterocycles. The number of benzene rings is 1. The molecule has 7 nitrogen and oxygen atoms in total. The van der Waals surface area contributed by atoms with Crippen molar-refractivity contribution in [1.29, 1.82) is 0 Å². The highest BCUT2D eigenvalue weighted by molar-refractivity contribution is 6.31. The summed E-state index contributed by atoms with van der Waals surface area (Å²) in [6, 6.07) is 4.19. The Hall–Kier alpha value is -1.99. The van der Waals surface area contributed by atoms with Crippen molar-refractivity contribution in [2.24, 2.45) is 0 Å². The van der Waals surface area contributed by atoms with Gasteiger partial charge in [-0.25, -0.2) is 0 Å². The first-order valence-electron chi connectivity index (χ1n) is 6.02. The van der Waals surface area contributed by atoms with Gasteiger partial charge in [0.15, 0.2) is 0 Å². The molecule has 1 aromatic carbocycles. The monoisotopic (exact) mass is 296 g/mol. The summed E-state index contributed by atoms with van der Waals surface area (Å²) in [5, 5.41) is 21.9. The van der Waals surface area contributed by atoms with E-state index in [0.717, 1.165) is 13.0 Å². The Morgan fingerprint density at radius 2 is 2.20 bits per heavy atom. The van der Waals surface area contributed by atoms with E-state index in [1.54, 1.807) is 6.07 Å². The van der Waals surface area contributed by atoms with Crippen LogP contribution in [0.5, 0.6) is 0 Å². The molecular weight excluding hydrogens is 284 g/mol. The zero-order chi connectivity index (χ0) is 14.5. The SMILES string of the molecule is CNCCCc1nnc(-c2cc(Cl)cc([N+](=O)[O-])c2)o1. The van der Waals surface area contributed by atoms with E-state index in [9.17, 15) is 10.1 Å². The summed E-state index contributed by atoms with van der Waals surface area (Å²) < 4.78 is 5.47. The van der Waals surface area contributed by atoms with Gasteiger partial charge in [0.1, 0.15) is 0 Å². The number of non-ortho nitro benzene ring substituents is 1. The maximum Gasteiger partial charge on any atom is 0.271 e. The molecule has 0 saturated carbocycles. The van der Waals surface area contributed by atoms with Crippen molar-refractivity contribution in [2.45, 2.75) is 12.8 Å². The summed E-state index contributed by atoms with van der Waals surface area (Å²) in [4.78, 5) is 10.3. The second-order valence-electron chi connectivity index (χ2n) is 4.16. The van der Waals surface area contributed by atoms with Crippen molar-refractivity contribution in [3.8, 4) is 11.5 Å². The van der Waals surface area contributed by atoms with E-state index in [1.165, 1.54) is 12.1 Å². The first-order valence-corrected chi connectivity index (χ1v) is 6.40. The van der Waals surface area contributed by atoms with E-state index in [-0.39, 0.29) is 16.6 Å². The molecule has 0 bridgehead atoms. The van der Waals surface area contributed by atoms with Gasteiger partial charge in [0, 0.05) is 29.1 Å². The van der Waals surface area contributed by atoms with Crippen LogP contribution in [0.4, 0.5) is 5.69 Å². The fraction of sp³-hybridized carbons (Fsp3) is 0.333. The van der Waals surface area contributed by atoms with Gasteiger partial charge >= 0.3 is 0 Å². The lowest BCUT2D eigenvalue weighted by Gasteiger charge is -1.98. The number of aromatic nitrogens is 2. The molecule has 2 aromatic rings. The Kier molecular flexibility index (Phi) is 4.65. The smallest absolute Gasteiger partial charge is 0.271 e. The molecule has 0 amide bonds. The number of halogens is 1. The van der Waals surface area contributed by atoms with Crippen molar-refractivity contribution in [1.82, 2.24) is 15.5 Å². The van der Waals surface area contributed by atoms with Gasteiger partial charge in [-0.1, -0.05) is 11.6 Å². The quantitative estimate of drug-likeness (QED) is 0.500. The summed E-state index contributed by atoms with van der Waals surface area (Å²) in [6.07, 6.45) is 1.52. The van der Waals surface area contributed by atoms with Crippen molar-refractivity contribution >= 4 is 17.3 Å². The minimum atomic E-state index is -0.514. The molecular formula is C12H13ClN4O3. The highest BCUT2D eigenvalue weighted by atomic mass is 35.5. The molecule has 20 heavy (non-hydrogen) atoms. The molecule has 1 N–H and O–H groups in total. The average Bonchev–Trinajstić information content (AvgIpc) is 2.87. The number of aryl methyl sites for hydroxylation is 1. The molecule has 0 fully saturated rings. The molecule has 106 valence electrons. The van der Waals surface area contributed by atoms with Crippen LogP contribution in [0.3, 0.4) is 0 Å². The van der Waals surface area contributed by atoms with Crippen LogP contribution < -0.4 is 5.32 Å². The Morgan fingerprint density at radius 1 is 1.40 bits per heavy atom. The van der Waals surface area contributed by atoms with E-state index in [2.05, 4.69) is 15.5 Å². The molecule has 8 heteroatoms. The highest BCUT2D eigenvalue weighted by Gasteiger charge is 2.14. The van der Waals surface area contributed by atoms with Crippen LogP contribution in [0.15, 0.2) is 22.6 Å². The zero-order valence-corrected chi connectivity index (χ0v) is 11.6. The van der Waals surface area contributed by atoms with Gasteiger partial charge in [0.2, 0.25) is 11.8 Å². The summed E-state index contributed by atoms with van der Waals surface area (Å²) in [7, 11) is 1.87. The molecule has 2 rings (SSSR count). The summed E-state index contributed by atoms with van der Waals surface area (Å²) in [5.74, 6) is 0.730. The molecule has 0 spiro atoms. The summed E-state index contributed by atoms with van der Waals surface area (Å²) in [5.41, 5.74) is 0.332. The van der Waals surface area contributed by atoms with Gasteiger partial charge in [0.25, 0.3) is 5.69 Å². The Labute approximate surface area is 120 Å². The first kappa shape index (κ1) is 14.4. The minimum absolute atomic E-state index is 0.109. The third kappa shape index (κ3) is 3.52. The van der Waals surface area contributed by atoms with Gasteiger partial charge in [-0.3, -0.25) is 10.1 Å². The number of nitro groups is 1. The maximum atomic E-state index is 10.8. The van der Waals surface area contributed by atoms with Crippen molar-refractivity contribution in [3.05, 3.63) is 39.2 Å². The van der Waals surface area contributed by atoms with Gasteiger partial charge in [0.05, 0.1) is 4.92 Å². The van der Waals surface area contributed by atoms with Crippen molar-refractivity contribution in [2.75, 3.05) is 13.6 Å². The molecule has 1 heterocycles. The first-order chi connectivity index (χ1) is 9.60. The molecule has 0 aliphatic rings. The minimum Gasteiger partial charge on any atom is -0.421 e. The molecule has 0 atom stereocenters. The molecule has 0 unspecified atom stereocenters. The second-order valence-corrected chi connectivity index (χ2v) is 4.60. The van der Waals surface area contributed by atoms with E-state index in [0.29, 0.717) is 17.9 Å². The van der Waals surface area contributed by atoms with Gasteiger partial charge < -0.3 is 9.73 Å². The van der Waals surface area contributed by atoms with E-state index in [4.69, 9.17) is 16.0 Å². The average molecular weight is 297 g/mol. The molecule has 0 radical (unpaired) electrons. The zero-order valence-electron chi connectivity index (χ0n) is 10.8. The van der Waals surface area contributed by atoms with Crippen LogP contribution in [0.25, 0.3) is 11.5 Å². The lowest BCUT2D eigenvalue weighted by Crippen LogP contribution is -2.08. The number of nitrogens with zero attached hydrogens (tertiary/aromatic N) is 3. The maximum absolute atomic E-state index is 10.8. The predicted molar refractivity (Wildman–Crippen MR) is 73.6 cm³/mol. The lowest BCUT2D eigenvalue weighted by molar-refractivity contribution is -0.384. The number of hydrogen-bond donors (Lipinski definition) is 1. The molecule has 0 aliphatic heterocycles. The topological polar surface area (TPSA) is 94.1 Å². The summed E-state index contributed by atoms with van der Waals surface area (Å²) >= 11 is 5.85. The number of nitro benzene ring substituents is 1. The van der Waals surface area contributed by atoms with Gasteiger partial charge in [-0.05, 0) is 26.1 Å². The van der Waals surface area contributed by atoms with Crippen molar-refractivity contribution in [3.63, 3.8) is 0 Å².